The van der Waals surface area contributed by atoms with E-state index in [1.165, 1.54) is 12.1 Å². The predicted molar refractivity (Wildman–Crippen MR) is 94.8 cm³/mol. The molecule has 0 N–H and O–H groups in total. The van der Waals surface area contributed by atoms with E-state index in [1.54, 1.807) is 6.07 Å². The number of benzene rings is 2. The summed E-state index contributed by atoms with van der Waals surface area (Å²) in [5.41, 5.74) is 0. The molecule has 0 spiro atoms. The van der Waals surface area contributed by atoms with Crippen LogP contribution in [-0.2, 0) is 0 Å². The molecule has 2 aliphatic rings. The van der Waals surface area contributed by atoms with Gasteiger partial charge in [-0.2, -0.15) is 0 Å². The van der Waals surface area contributed by atoms with Crippen molar-refractivity contribution in [2.75, 3.05) is 26.2 Å². The molecule has 0 aromatic heterocycles. The van der Waals surface area contributed by atoms with Gasteiger partial charge in [-0.1, -0.05) is 23.2 Å². The second-order valence-electron chi connectivity index (χ2n) is 6.25. The molecule has 0 aliphatic carbocycles. The van der Waals surface area contributed by atoms with Crippen LogP contribution in [0.3, 0.4) is 0 Å². The van der Waals surface area contributed by atoms with Gasteiger partial charge in [-0.25, -0.2) is 14.4 Å². The van der Waals surface area contributed by atoms with Gasteiger partial charge in [0.15, 0.2) is 0 Å². The van der Waals surface area contributed by atoms with Gasteiger partial charge in [0.05, 0.1) is 31.2 Å². The Morgan fingerprint density at radius 3 is 1.88 bits per heavy atom. The average molecular weight is 383 g/mol. The lowest BCUT2D eigenvalue weighted by atomic mass is 10.1. The summed E-state index contributed by atoms with van der Waals surface area (Å²) in [6.07, 6.45) is 0.253. The van der Waals surface area contributed by atoms with Gasteiger partial charge in [-0.05, 0) is 36.4 Å². The summed E-state index contributed by atoms with van der Waals surface area (Å²) < 4.78 is 25.1. The maximum absolute atomic E-state index is 13.4. The first-order valence-corrected chi connectivity index (χ1v) is 8.86. The van der Waals surface area contributed by atoms with Crippen LogP contribution in [0.15, 0.2) is 42.5 Å². The van der Waals surface area contributed by atoms with Crippen molar-refractivity contribution in [1.82, 2.24) is 10.0 Å². The normalized spacial score (nSPS) is 19.3. The third-order valence-electron chi connectivity index (χ3n) is 4.37. The molecule has 0 unspecified atom stereocenters. The third kappa shape index (κ3) is 3.85. The number of halogens is 3. The number of nitrogens with zero attached hydrogens (tertiary/aromatic N) is 2. The Morgan fingerprint density at radius 2 is 1.32 bits per heavy atom. The van der Waals surface area contributed by atoms with E-state index < -0.39 is 5.82 Å². The van der Waals surface area contributed by atoms with Gasteiger partial charge in [0.25, 0.3) is 0 Å². The molecule has 25 heavy (non-hydrogen) atoms. The number of ether oxygens (including phenoxy) is 2. The Kier molecular flexibility index (Phi) is 4.73. The van der Waals surface area contributed by atoms with Gasteiger partial charge in [0.1, 0.15) is 29.5 Å². The molecule has 4 nitrogen and oxygen atoms in total. The minimum atomic E-state index is -0.458. The Labute approximate surface area is 155 Å². The van der Waals surface area contributed by atoms with E-state index in [9.17, 15) is 4.39 Å². The van der Waals surface area contributed by atoms with Crippen molar-refractivity contribution in [1.29, 1.82) is 0 Å². The van der Waals surface area contributed by atoms with Gasteiger partial charge < -0.3 is 9.47 Å². The van der Waals surface area contributed by atoms with E-state index in [0.29, 0.717) is 10.8 Å². The Morgan fingerprint density at radius 1 is 0.800 bits per heavy atom. The highest BCUT2D eigenvalue weighted by Crippen LogP contribution is 2.27. The highest BCUT2D eigenvalue weighted by molar-refractivity contribution is 6.30. The Bertz CT molecular complexity index is 747. The summed E-state index contributed by atoms with van der Waals surface area (Å²) in [6.45, 7) is 3.28. The van der Waals surface area contributed by atoms with E-state index in [2.05, 4.69) is 10.0 Å². The summed E-state index contributed by atoms with van der Waals surface area (Å²) in [6, 6.07) is 11.9. The molecule has 0 amide bonds. The van der Waals surface area contributed by atoms with E-state index in [1.807, 2.05) is 24.3 Å². The van der Waals surface area contributed by atoms with E-state index in [4.69, 9.17) is 32.7 Å². The van der Waals surface area contributed by atoms with E-state index in [0.717, 1.165) is 31.9 Å². The highest BCUT2D eigenvalue weighted by Gasteiger charge is 2.40. The molecule has 7 heteroatoms. The van der Waals surface area contributed by atoms with Crippen LogP contribution in [0.1, 0.15) is 0 Å². The zero-order chi connectivity index (χ0) is 17.4. The van der Waals surface area contributed by atoms with Crippen molar-refractivity contribution >= 4 is 23.2 Å². The molecule has 0 saturated carbocycles. The van der Waals surface area contributed by atoms with Crippen molar-refractivity contribution in [2.24, 2.45) is 0 Å². The first-order chi connectivity index (χ1) is 12.1. The lowest BCUT2D eigenvalue weighted by molar-refractivity contribution is -0.188. The number of hydrogen-bond donors (Lipinski definition) is 0. The maximum Gasteiger partial charge on any atom is 0.145 e. The molecule has 0 radical (unpaired) electrons. The van der Waals surface area contributed by atoms with Crippen molar-refractivity contribution < 1.29 is 13.9 Å². The lowest BCUT2D eigenvalue weighted by Crippen LogP contribution is -2.69. The third-order valence-corrected chi connectivity index (χ3v) is 4.93. The average Bonchev–Trinajstić information content (AvgIpc) is 2.52. The van der Waals surface area contributed by atoms with Gasteiger partial charge in [-0.15, -0.1) is 0 Å². The standard InChI is InChI=1S/C18H17Cl2FN2O2/c19-12-1-3-13(4-2-12)24-15-8-22(9-15)23-10-16(11-23)25-14-5-6-17(20)18(21)7-14/h1-7,15-16H,8-11H2. The molecule has 2 aliphatic heterocycles. The second-order valence-corrected chi connectivity index (χ2v) is 7.10. The first kappa shape index (κ1) is 16.9. The van der Waals surface area contributed by atoms with Crippen molar-refractivity contribution in [2.45, 2.75) is 12.2 Å². The molecular weight excluding hydrogens is 366 g/mol. The molecule has 2 aromatic rings. The van der Waals surface area contributed by atoms with E-state index in [-0.39, 0.29) is 17.2 Å². The summed E-state index contributed by atoms with van der Waals surface area (Å²) in [5.74, 6) is 0.892. The second kappa shape index (κ2) is 7.00. The Balaban J connectivity index is 1.19. The summed E-state index contributed by atoms with van der Waals surface area (Å²) in [7, 11) is 0. The SMILES string of the molecule is Fc1cc(OC2CN(N3CC(Oc4ccc(Cl)cc4)C3)C2)ccc1Cl. The molecule has 4 rings (SSSR count). The molecular formula is C18H17Cl2FN2O2. The quantitative estimate of drug-likeness (QED) is 0.783. The molecule has 132 valence electrons. The van der Waals surface area contributed by atoms with Gasteiger partial charge in [0, 0.05) is 11.1 Å². The number of hydrazine groups is 1. The molecule has 2 saturated heterocycles. The van der Waals surface area contributed by atoms with Crippen LogP contribution >= 0.6 is 23.2 Å². The van der Waals surface area contributed by atoms with E-state index >= 15 is 0 Å². The van der Waals surface area contributed by atoms with Crippen LogP contribution in [0.4, 0.5) is 4.39 Å². The number of rotatable bonds is 5. The molecule has 2 aromatic carbocycles. The summed E-state index contributed by atoms with van der Waals surface area (Å²) >= 11 is 11.5. The maximum atomic E-state index is 13.4. The van der Waals surface area contributed by atoms with Crippen LogP contribution in [0.2, 0.25) is 10.0 Å². The zero-order valence-electron chi connectivity index (χ0n) is 13.4. The predicted octanol–water partition coefficient (Wildman–Crippen LogP) is 3.87. The largest absolute Gasteiger partial charge is 0.488 e. The highest BCUT2D eigenvalue weighted by atomic mass is 35.5. The number of hydrogen-bond acceptors (Lipinski definition) is 4. The van der Waals surface area contributed by atoms with Crippen molar-refractivity contribution in [3.63, 3.8) is 0 Å². The monoisotopic (exact) mass is 382 g/mol. The van der Waals surface area contributed by atoms with Crippen LogP contribution in [-0.4, -0.2) is 48.4 Å². The van der Waals surface area contributed by atoms with Crippen LogP contribution in [0.25, 0.3) is 0 Å². The summed E-state index contributed by atoms with van der Waals surface area (Å²) in [5, 5.41) is 5.27. The van der Waals surface area contributed by atoms with Gasteiger partial charge >= 0.3 is 0 Å². The molecule has 2 heterocycles. The fraction of sp³-hybridized carbons (Fsp3) is 0.333. The minimum absolute atomic E-state index is 0.0665. The fourth-order valence-electron chi connectivity index (χ4n) is 2.89. The van der Waals surface area contributed by atoms with Crippen molar-refractivity contribution in [3.05, 3.63) is 58.3 Å². The first-order valence-electron chi connectivity index (χ1n) is 8.10. The molecule has 2 fully saturated rings. The van der Waals surface area contributed by atoms with Crippen LogP contribution < -0.4 is 9.47 Å². The Hall–Kier alpha value is -1.53. The van der Waals surface area contributed by atoms with Crippen molar-refractivity contribution in [3.8, 4) is 11.5 Å². The smallest absolute Gasteiger partial charge is 0.145 e. The van der Waals surface area contributed by atoms with Crippen LogP contribution in [0, 0.1) is 5.82 Å². The molecule has 0 atom stereocenters. The minimum Gasteiger partial charge on any atom is -0.488 e. The van der Waals surface area contributed by atoms with Gasteiger partial charge in [-0.3, -0.25) is 0 Å². The summed E-state index contributed by atoms with van der Waals surface area (Å²) in [4.78, 5) is 0. The topological polar surface area (TPSA) is 24.9 Å². The fourth-order valence-corrected chi connectivity index (χ4v) is 3.14. The lowest BCUT2D eigenvalue weighted by Gasteiger charge is -2.51. The van der Waals surface area contributed by atoms with Gasteiger partial charge in [0.2, 0.25) is 0 Å². The van der Waals surface area contributed by atoms with Crippen LogP contribution in [0.5, 0.6) is 11.5 Å². The zero-order valence-corrected chi connectivity index (χ0v) is 14.9. The molecule has 0 bridgehead atoms.